The number of hydrogen-bond donors (Lipinski definition) is 1. The van der Waals surface area contributed by atoms with Gasteiger partial charge in [-0.05, 0) is 37.8 Å². The van der Waals surface area contributed by atoms with Gasteiger partial charge in [0.05, 0.1) is 6.54 Å². The molecule has 3 aromatic rings. The summed E-state index contributed by atoms with van der Waals surface area (Å²) < 4.78 is 1.30. The summed E-state index contributed by atoms with van der Waals surface area (Å²) in [6.07, 6.45) is 2.11. The monoisotopic (exact) mass is 367 g/mol. The fourth-order valence-corrected chi connectivity index (χ4v) is 2.91. The fourth-order valence-electron chi connectivity index (χ4n) is 2.91. The standard InChI is InChI=1S/C20H25N5O2/c1-5-7-17(26)24(12-16-10-8-15(6-2)9-11-16)20-22-19-21-14(4)13(3)18(27)25(19)23-20/h8-11H,5-7,12H2,1-4H3,(H,21,22,23). The lowest BCUT2D eigenvalue weighted by molar-refractivity contribution is -0.118. The minimum absolute atomic E-state index is 0.0439. The SMILES string of the molecule is CCCC(=O)N(Cc1ccc(CC)cc1)c1nc2nc(C)c(C)c(=O)n2[nH]1. The van der Waals surface area contributed by atoms with Crippen LogP contribution in [0.1, 0.15) is 49.1 Å². The Hall–Kier alpha value is -2.96. The molecule has 0 fully saturated rings. The summed E-state index contributed by atoms with van der Waals surface area (Å²) in [6, 6.07) is 8.17. The summed E-state index contributed by atoms with van der Waals surface area (Å²) >= 11 is 0. The Morgan fingerprint density at radius 2 is 1.78 bits per heavy atom. The molecule has 0 aliphatic rings. The Morgan fingerprint density at radius 3 is 2.41 bits per heavy atom. The lowest BCUT2D eigenvalue weighted by Gasteiger charge is -2.19. The molecule has 0 bridgehead atoms. The van der Waals surface area contributed by atoms with Crippen molar-refractivity contribution in [3.8, 4) is 0 Å². The third-order valence-corrected chi connectivity index (χ3v) is 4.74. The molecule has 3 rings (SSSR count). The van der Waals surface area contributed by atoms with Crippen molar-refractivity contribution in [2.75, 3.05) is 4.90 Å². The van der Waals surface area contributed by atoms with Gasteiger partial charge in [-0.15, -0.1) is 0 Å². The maximum absolute atomic E-state index is 12.7. The largest absolute Gasteiger partial charge is 0.277 e. The normalized spacial score (nSPS) is 11.1. The van der Waals surface area contributed by atoms with Crippen molar-refractivity contribution in [3.05, 3.63) is 57.0 Å². The van der Waals surface area contributed by atoms with Gasteiger partial charge < -0.3 is 0 Å². The average molecular weight is 367 g/mol. The summed E-state index contributed by atoms with van der Waals surface area (Å²) in [6.45, 7) is 7.96. The molecule has 0 spiro atoms. The van der Waals surface area contributed by atoms with Gasteiger partial charge in [-0.25, -0.2) is 4.98 Å². The van der Waals surface area contributed by atoms with Crippen LogP contribution in [0.5, 0.6) is 0 Å². The molecule has 0 atom stereocenters. The zero-order valence-corrected chi connectivity index (χ0v) is 16.2. The smallest absolute Gasteiger partial charge is 0.277 e. The van der Waals surface area contributed by atoms with Crippen molar-refractivity contribution in [2.45, 2.75) is 53.5 Å². The number of rotatable bonds is 6. The summed E-state index contributed by atoms with van der Waals surface area (Å²) in [5.41, 5.74) is 3.25. The van der Waals surface area contributed by atoms with Crippen molar-refractivity contribution < 1.29 is 4.79 Å². The van der Waals surface area contributed by atoms with Gasteiger partial charge in [0.15, 0.2) is 0 Å². The number of nitrogens with one attached hydrogen (secondary N) is 1. The van der Waals surface area contributed by atoms with Gasteiger partial charge in [0.25, 0.3) is 11.3 Å². The third-order valence-electron chi connectivity index (χ3n) is 4.74. The molecule has 7 heteroatoms. The summed E-state index contributed by atoms with van der Waals surface area (Å²) in [4.78, 5) is 35.5. The number of nitrogens with zero attached hydrogens (tertiary/aromatic N) is 4. The number of amides is 1. The molecule has 0 radical (unpaired) electrons. The van der Waals surface area contributed by atoms with Crippen LogP contribution in [0.25, 0.3) is 5.78 Å². The molecular weight excluding hydrogens is 342 g/mol. The maximum Gasteiger partial charge on any atom is 0.277 e. The fraction of sp³-hybridized carbons (Fsp3) is 0.400. The number of anilines is 1. The number of carbonyl (C=O) groups is 1. The van der Waals surface area contributed by atoms with Gasteiger partial charge in [0.1, 0.15) is 0 Å². The van der Waals surface area contributed by atoms with E-state index in [1.807, 2.05) is 19.1 Å². The van der Waals surface area contributed by atoms with Gasteiger partial charge >= 0.3 is 0 Å². The van der Waals surface area contributed by atoms with E-state index in [0.29, 0.717) is 30.2 Å². The molecule has 2 heterocycles. The first-order chi connectivity index (χ1) is 12.9. The predicted octanol–water partition coefficient (Wildman–Crippen LogP) is 2.93. The summed E-state index contributed by atoms with van der Waals surface area (Å²) in [5, 5.41) is 2.95. The number of carbonyl (C=O) groups excluding carboxylic acids is 1. The molecule has 1 N–H and O–H groups in total. The summed E-state index contributed by atoms with van der Waals surface area (Å²) in [7, 11) is 0. The van der Waals surface area contributed by atoms with Crippen LogP contribution in [-0.4, -0.2) is 25.5 Å². The molecule has 7 nitrogen and oxygen atoms in total. The van der Waals surface area contributed by atoms with E-state index in [9.17, 15) is 9.59 Å². The van der Waals surface area contributed by atoms with E-state index in [4.69, 9.17) is 0 Å². The molecule has 27 heavy (non-hydrogen) atoms. The number of aromatic nitrogens is 4. The van der Waals surface area contributed by atoms with Gasteiger partial charge in [-0.1, -0.05) is 38.1 Å². The van der Waals surface area contributed by atoms with Crippen molar-refractivity contribution in [3.63, 3.8) is 0 Å². The quantitative estimate of drug-likeness (QED) is 0.726. The molecule has 1 aromatic carbocycles. The molecule has 2 aromatic heterocycles. The second-order valence-electron chi connectivity index (χ2n) is 6.71. The molecule has 0 saturated heterocycles. The second kappa shape index (κ2) is 7.73. The van der Waals surface area contributed by atoms with Crippen molar-refractivity contribution in [2.24, 2.45) is 0 Å². The van der Waals surface area contributed by atoms with E-state index >= 15 is 0 Å². The Labute approximate surface area is 158 Å². The van der Waals surface area contributed by atoms with Crippen molar-refractivity contribution >= 4 is 17.6 Å². The van der Waals surface area contributed by atoms with E-state index in [2.05, 4.69) is 34.1 Å². The lowest BCUT2D eigenvalue weighted by Crippen LogP contribution is -2.31. The lowest BCUT2D eigenvalue weighted by atomic mass is 10.1. The molecule has 1 amide bonds. The predicted molar refractivity (Wildman–Crippen MR) is 105 cm³/mol. The zero-order valence-electron chi connectivity index (χ0n) is 16.2. The molecule has 142 valence electrons. The van der Waals surface area contributed by atoms with E-state index in [1.54, 1.807) is 18.7 Å². The Balaban J connectivity index is 2.02. The first-order valence-corrected chi connectivity index (χ1v) is 9.28. The van der Waals surface area contributed by atoms with E-state index in [0.717, 1.165) is 18.4 Å². The van der Waals surface area contributed by atoms with Crippen LogP contribution in [0.3, 0.4) is 0 Å². The van der Waals surface area contributed by atoms with Crippen LogP contribution in [0.2, 0.25) is 0 Å². The number of aryl methyl sites for hydroxylation is 2. The zero-order chi connectivity index (χ0) is 19.6. The first kappa shape index (κ1) is 18.8. The third kappa shape index (κ3) is 3.77. The van der Waals surface area contributed by atoms with Gasteiger partial charge in [-0.2, -0.15) is 9.50 Å². The Kier molecular flexibility index (Phi) is 5.39. The number of benzene rings is 1. The highest BCUT2D eigenvalue weighted by atomic mass is 16.2. The Bertz CT molecular complexity index is 1020. The van der Waals surface area contributed by atoms with E-state index in [-0.39, 0.29) is 17.2 Å². The van der Waals surface area contributed by atoms with Gasteiger partial charge in [0.2, 0.25) is 11.9 Å². The molecular formula is C20H25N5O2. The molecule has 0 saturated carbocycles. The number of aromatic amines is 1. The molecule has 0 aliphatic carbocycles. The van der Waals surface area contributed by atoms with E-state index < -0.39 is 0 Å². The highest BCUT2D eigenvalue weighted by molar-refractivity contribution is 5.91. The van der Waals surface area contributed by atoms with Crippen molar-refractivity contribution in [1.82, 2.24) is 19.6 Å². The highest BCUT2D eigenvalue weighted by Gasteiger charge is 2.21. The van der Waals surface area contributed by atoms with Crippen LogP contribution in [0.15, 0.2) is 29.1 Å². The summed E-state index contributed by atoms with van der Waals surface area (Å²) in [5.74, 6) is 0.564. The van der Waals surface area contributed by atoms with Crippen LogP contribution in [0, 0.1) is 13.8 Å². The van der Waals surface area contributed by atoms with Crippen LogP contribution in [-0.2, 0) is 17.8 Å². The Morgan fingerprint density at radius 1 is 1.11 bits per heavy atom. The average Bonchev–Trinajstić information content (AvgIpc) is 3.08. The van der Waals surface area contributed by atoms with E-state index in [1.165, 1.54) is 10.1 Å². The second-order valence-corrected chi connectivity index (χ2v) is 6.71. The van der Waals surface area contributed by atoms with Crippen LogP contribution < -0.4 is 10.5 Å². The molecule has 0 unspecified atom stereocenters. The minimum atomic E-state index is -0.202. The first-order valence-electron chi connectivity index (χ1n) is 9.28. The van der Waals surface area contributed by atoms with Crippen LogP contribution >= 0.6 is 0 Å². The molecule has 0 aliphatic heterocycles. The minimum Gasteiger partial charge on any atom is -0.277 e. The number of H-pyrrole nitrogens is 1. The topological polar surface area (TPSA) is 83.4 Å². The maximum atomic E-state index is 12.7. The van der Waals surface area contributed by atoms with Crippen LogP contribution in [0.4, 0.5) is 5.95 Å². The number of fused-ring (bicyclic) bond motifs is 1. The highest BCUT2D eigenvalue weighted by Crippen LogP contribution is 2.16. The van der Waals surface area contributed by atoms with Gasteiger partial charge in [0, 0.05) is 17.7 Å². The van der Waals surface area contributed by atoms with Gasteiger partial charge in [-0.3, -0.25) is 19.6 Å². The number of hydrogen-bond acceptors (Lipinski definition) is 4. The van der Waals surface area contributed by atoms with Crippen molar-refractivity contribution in [1.29, 1.82) is 0 Å².